The second kappa shape index (κ2) is 6.50. The Morgan fingerprint density at radius 3 is 2.95 bits per heavy atom. The van der Waals surface area contributed by atoms with Gasteiger partial charge in [-0.1, -0.05) is 6.07 Å². The standard InChI is InChI=1S/C14H22N2O2S/c1-10(2)16-6-5-11(9-16)15-12(8-14(17)18)13-4-3-7-19-13/h3-4,7,10-12,15H,5-6,8-9H2,1-2H3,(H,17,18). The minimum Gasteiger partial charge on any atom is -0.481 e. The van der Waals surface area contributed by atoms with Crippen LogP contribution in [0.3, 0.4) is 0 Å². The van der Waals surface area contributed by atoms with Crippen LogP contribution in [0.4, 0.5) is 0 Å². The number of aliphatic carboxylic acids is 1. The lowest BCUT2D eigenvalue weighted by atomic mass is 10.1. The Bertz CT molecular complexity index is 406. The highest BCUT2D eigenvalue weighted by molar-refractivity contribution is 7.10. The fourth-order valence-corrected chi connectivity index (χ4v) is 3.37. The number of nitrogens with one attached hydrogen (secondary N) is 1. The zero-order valence-electron chi connectivity index (χ0n) is 11.5. The van der Waals surface area contributed by atoms with E-state index in [0.717, 1.165) is 24.4 Å². The summed E-state index contributed by atoms with van der Waals surface area (Å²) in [6.07, 6.45) is 1.25. The van der Waals surface area contributed by atoms with Gasteiger partial charge in [-0.25, -0.2) is 0 Å². The van der Waals surface area contributed by atoms with Crippen LogP contribution in [0.1, 0.15) is 37.6 Å². The summed E-state index contributed by atoms with van der Waals surface area (Å²) in [5.41, 5.74) is 0. The summed E-state index contributed by atoms with van der Waals surface area (Å²) in [6.45, 7) is 6.52. The third-order valence-electron chi connectivity index (χ3n) is 3.65. The van der Waals surface area contributed by atoms with Crippen molar-refractivity contribution in [2.75, 3.05) is 13.1 Å². The largest absolute Gasteiger partial charge is 0.481 e. The van der Waals surface area contributed by atoms with E-state index in [1.807, 2.05) is 17.5 Å². The molecule has 5 heteroatoms. The maximum absolute atomic E-state index is 11.0. The fraction of sp³-hybridized carbons (Fsp3) is 0.643. The number of carbonyl (C=O) groups is 1. The van der Waals surface area contributed by atoms with Crippen molar-refractivity contribution in [3.63, 3.8) is 0 Å². The highest BCUT2D eigenvalue weighted by Crippen LogP contribution is 2.24. The van der Waals surface area contributed by atoms with E-state index in [-0.39, 0.29) is 12.5 Å². The SMILES string of the molecule is CC(C)N1CCC(NC(CC(=O)O)c2cccs2)C1. The van der Waals surface area contributed by atoms with Gasteiger partial charge in [0, 0.05) is 23.5 Å². The predicted molar refractivity (Wildman–Crippen MR) is 77.6 cm³/mol. The lowest BCUT2D eigenvalue weighted by molar-refractivity contribution is -0.137. The Kier molecular flexibility index (Phi) is 4.96. The molecular formula is C14H22N2O2S. The number of likely N-dealkylation sites (tertiary alicyclic amines) is 1. The molecule has 2 heterocycles. The zero-order chi connectivity index (χ0) is 13.8. The molecule has 2 rings (SSSR count). The molecule has 1 saturated heterocycles. The molecule has 1 aliphatic rings. The van der Waals surface area contributed by atoms with Gasteiger partial charge in [0.05, 0.1) is 12.5 Å². The van der Waals surface area contributed by atoms with Crippen molar-refractivity contribution in [3.8, 4) is 0 Å². The van der Waals surface area contributed by atoms with Gasteiger partial charge in [-0.2, -0.15) is 0 Å². The van der Waals surface area contributed by atoms with Gasteiger partial charge in [-0.15, -0.1) is 11.3 Å². The number of nitrogens with zero attached hydrogens (tertiary/aromatic N) is 1. The van der Waals surface area contributed by atoms with Gasteiger partial charge in [0.2, 0.25) is 0 Å². The van der Waals surface area contributed by atoms with E-state index in [1.165, 1.54) is 0 Å². The number of carboxylic acid groups (broad SMARTS) is 1. The van der Waals surface area contributed by atoms with Crippen LogP contribution < -0.4 is 5.32 Å². The molecule has 0 spiro atoms. The molecule has 0 aliphatic carbocycles. The third kappa shape index (κ3) is 4.03. The molecule has 19 heavy (non-hydrogen) atoms. The maximum Gasteiger partial charge on any atom is 0.305 e. The lowest BCUT2D eigenvalue weighted by Gasteiger charge is -2.23. The van der Waals surface area contributed by atoms with Gasteiger partial charge in [-0.05, 0) is 38.3 Å². The number of hydrogen-bond acceptors (Lipinski definition) is 4. The van der Waals surface area contributed by atoms with Crippen LogP contribution in [0, 0.1) is 0 Å². The molecule has 106 valence electrons. The van der Waals surface area contributed by atoms with Gasteiger partial charge in [0.25, 0.3) is 0 Å². The molecular weight excluding hydrogens is 260 g/mol. The van der Waals surface area contributed by atoms with E-state index in [1.54, 1.807) is 11.3 Å². The van der Waals surface area contributed by atoms with E-state index in [4.69, 9.17) is 5.11 Å². The second-order valence-corrected chi connectivity index (χ2v) is 6.39. The quantitative estimate of drug-likeness (QED) is 0.841. The Morgan fingerprint density at radius 2 is 2.42 bits per heavy atom. The summed E-state index contributed by atoms with van der Waals surface area (Å²) in [5.74, 6) is -0.746. The molecule has 0 amide bonds. The number of hydrogen-bond donors (Lipinski definition) is 2. The van der Waals surface area contributed by atoms with Crippen molar-refractivity contribution in [2.45, 2.75) is 44.8 Å². The van der Waals surface area contributed by atoms with Crippen LogP contribution in [0.2, 0.25) is 0 Å². The van der Waals surface area contributed by atoms with Crippen LogP contribution in [0.15, 0.2) is 17.5 Å². The monoisotopic (exact) mass is 282 g/mol. The summed E-state index contributed by atoms with van der Waals surface area (Å²) >= 11 is 1.62. The molecule has 2 unspecified atom stereocenters. The van der Waals surface area contributed by atoms with Crippen LogP contribution in [-0.2, 0) is 4.79 Å². The molecule has 1 fully saturated rings. The Balaban J connectivity index is 1.95. The molecule has 0 saturated carbocycles. The zero-order valence-corrected chi connectivity index (χ0v) is 12.3. The predicted octanol–water partition coefficient (Wildman–Crippen LogP) is 2.34. The minimum atomic E-state index is -0.746. The molecule has 2 atom stereocenters. The smallest absolute Gasteiger partial charge is 0.305 e. The number of thiophene rings is 1. The van der Waals surface area contributed by atoms with Gasteiger partial charge >= 0.3 is 5.97 Å². The molecule has 0 aromatic carbocycles. The average Bonchev–Trinajstić information content (AvgIpc) is 2.98. The van der Waals surface area contributed by atoms with Crippen LogP contribution in [0.5, 0.6) is 0 Å². The van der Waals surface area contributed by atoms with E-state index in [0.29, 0.717) is 12.1 Å². The second-order valence-electron chi connectivity index (χ2n) is 5.41. The topological polar surface area (TPSA) is 52.6 Å². The number of rotatable bonds is 6. The summed E-state index contributed by atoms with van der Waals surface area (Å²) < 4.78 is 0. The average molecular weight is 282 g/mol. The molecule has 0 bridgehead atoms. The van der Waals surface area contributed by atoms with E-state index >= 15 is 0 Å². The maximum atomic E-state index is 11.0. The molecule has 4 nitrogen and oxygen atoms in total. The van der Waals surface area contributed by atoms with Gasteiger partial charge < -0.3 is 10.4 Å². The van der Waals surface area contributed by atoms with Crippen molar-refractivity contribution >= 4 is 17.3 Å². The normalized spacial score (nSPS) is 21.9. The highest BCUT2D eigenvalue weighted by atomic mass is 32.1. The molecule has 0 radical (unpaired) electrons. The first-order valence-electron chi connectivity index (χ1n) is 6.81. The van der Waals surface area contributed by atoms with Crippen molar-refractivity contribution < 1.29 is 9.90 Å². The van der Waals surface area contributed by atoms with Gasteiger partial charge in [-0.3, -0.25) is 9.69 Å². The van der Waals surface area contributed by atoms with E-state index < -0.39 is 5.97 Å². The summed E-state index contributed by atoms with van der Waals surface area (Å²) in [5, 5.41) is 14.6. The van der Waals surface area contributed by atoms with Crippen molar-refractivity contribution in [3.05, 3.63) is 22.4 Å². The molecule has 1 aromatic rings. The van der Waals surface area contributed by atoms with Gasteiger partial charge in [0.1, 0.15) is 0 Å². The Morgan fingerprint density at radius 1 is 1.63 bits per heavy atom. The molecule has 2 N–H and O–H groups in total. The van der Waals surface area contributed by atoms with Crippen molar-refractivity contribution in [1.82, 2.24) is 10.2 Å². The fourth-order valence-electron chi connectivity index (χ4n) is 2.58. The van der Waals surface area contributed by atoms with Gasteiger partial charge in [0.15, 0.2) is 0 Å². The van der Waals surface area contributed by atoms with Crippen molar-refractivity contribution in [1.29, 1.82) is 0 Å². The lowest BCUT2D eigenvalue weighted by Crippen LogP contribution is -2.37. The molecule has 1 aliphatic heterocycles. The third-order valence-corrected chi connectivity index (χ3v) is 4.64. The van der Waals surface area contributed by atoms with Crippen molar-refractivity contribution in [2.24, 2.45) is 0 Å². The first-order chi connectivity index (χ1) is 9.06. The Hall–Kier alpha value is -0.910. The van der Waals surface area contributed by atoms with Crippen LogP contribution in [0.25, 0.3) is 0 Å². The summed E-state index contributed by atoms with van der Waals surface area (Å²) in [7, 11) is 0. The molecule has 1 aromatic heterocycles. The number of carboxylic acids is 1. The van der Waals surface area contributed by atoms with E-state index in [9.17, 15) is 4.79 Å². The van der Waals surface area contributed by atoms with E-state index in [2.05, 4.69) is 24.1 Å². The Labute approximate surface area is 118 Å². The highest BCUT2D eigenvalue weighted by Gasteiger charge is 2.27. The minimum absolute atomic E-state index is 0.0605. The van der Waals surface area contributed by atoms with Crippen LogP contribution in [-0.4, -0.2) is 41.1 Å². The first-order valence-corrected chi connectivity index (χ1v) is 7.69. The summed E-state index contributed by atoms with van der Waals surface area (Å²) in [4.78, 5) is 14.6. The van der Waals surface area contributed by atoms with Crippen LogP contribution >= 0.6 is 11.3 Å². The summed E-state index contributed by atoms with van der Waals surface area (Å²) in [6, 6.07) is 4.89. The first kappa shape index (κ1) is 14.5.